The van der Waals surface area contributed by atoms with Crippen LogP contribution in [0.4, 0.5) is 5.69 Å². The molecule has 0 aliphatic heterocycles. The zero-order chi connectivity index (χ0) is 23.3. The number of carbonyl (C=O) groups is 1. The van der Waals surface area contributed by atoms with Crippen LogP contribution in [0.15, 0.2) is 71.6 Å². The van der Waals surface area contributed by atoms with Crippen molar-refractivity contribution in [1.82, 2.24) is 4.31 Å². The van der Waals surface area contributed by atoms with E-state index in [0.717, 1.165) is 15.4 Å². The lowest BCUT2D eigenvalue weighted by atomic mass is 10.2. The molecule has 0 spiro atoms. The third kappa shape index (κ3) is 6.01. The van der Waals surface area contributed by atoms with E-state index < -0.39 is 22.5 Å². The molecular formula is C23H22Cl2N2O4S. The van der Waals surface area contributed by atoms with Crippen LogP contribution in [-0.2, 0) is 21.4 Å². The highest BCUT2D eigenvalue weighted by atomic mass is 35.5. The molecule has 0 unspecified atom stereocenters. The molecule has 32 heavy (non-hydrogen) atoms. The molecule has 3 rings (SSSR count). The molecule has 6 nitrogen and oxygen atoms in total. The molecular weight excluding hydrogens is 471 g/mol. The minimum atomic E-state index is -4.07. The number of carbonyl (C=O) groups excluding carboxylic acids is 1. The van der Waals surface area contributed by atoms with Gasteiger partial charge in [0.15, 0.2) is 0 Å². The molecule has 1 amide bonds. The summed E-state index contributed by atoms with van der Waals surface area (Å²) in [6.45, 7) is 1.37. The highest BCUT2D eigenvalue weighted by Gasteiger charge is 2.30. The minimum Gasteiger partial charge on any atom is -0.495 e. The highest BCUT2D eigenvalue weighted by molar-refractivity contribution is 7.89. The van der Waals surface area contributed by atoms with E-state index in [1.807, 2.05) is 6.07 Å². The van der Waals surface area contributed by atoms with Gasteiger partial charge in [0.1, 0.15) is 10.6 Å². The Bertz CT molecular complexity index is 1200. The molecule has 0 aromatic heterocycles. The van der Waals surface area contributed by atoms with Crippen LogP contribution in [0, 0.1) is 6.92 Å². The number of sulfonamides is 1. The number of nitrogens with zero attached hydrogens (tertiary/aromatic N) is 1. The zero-order valence-corrected chi connectivity index (χ0v) is 19.8. The number of benzene rings is 3. The maximum Gasteiger partial charge on any atom is 0.247 e. The lowest BCUT2D eigenvalue weighted by molar-refractivity contribution is -0.116. The summed E-state index contributed by atoms with van der Waals surface area (Å²) in [7, 11) is -2.67. The molecule has 0 aliphatic carbocycles. The maximum atomic E-state index is 13.6. The highest BCUT2D eigenvalue weighted by Crippen LogP contribution is 2.29. The quantitative estimate of drug-likeness (QED) is 0.472. The fourth-order valence-corrected chi connectivity index (χ4v) is 5.28. The van der Waals surface area contributed by atoms with Crippen LogP contribution in [-0.4, -0.2) is 32.3 Å². The number of hydrogen-bond acceptors (Lipinski definition) is 4. The van der Waals surface area contributed by atoms with Gasteiger partial charge in [-0.25, -0.2) is 8.42 Å². The van der Waals surface area contributed by atoms with E-state index in [1.165, 1.54) is 31.4 Å². The fraction of sp³-hybridized carbons (Fsp3) is 0.174. The first-order valence-corrected chi connectivity index (χ1v) is 11.8. The van der Waals surface area contributed by atoms with Crippen LogP contribution in [0.5, 0.6) is 5.75 Å². The average molecular weight is 493 g/mol. The van der Waals surface area contributed by atoms with Crippen molar-refractivity contribution in [2.45, 2.75) is 18.4 Å². The summed E-state index contributed by atoms with van der Waals surface area (Å²) < 4.78 is 33.6. The summed E-state index contributed by atoms with van der Waals surface area (Å²) >= 11 is 12.0. The van der Waals surface area contributed by atoms with Gasteiger partial charge in [0.25, 0.3) is 0 Å². The van der Waals surface area contributed by atoms with Crippen molar-refractivity contribution in [3.05, 3.63) is 87.9 Å². The molecule has 3 aromatic carbocycles. The van der Waals surface area contributed by atoms with Crippen molar-refractivity contribution in [2.75, 3.05) is 19.0 Å². The molecule has 0 aliphatic rings. The van der Waals surface area contributed by atoms with Crippen molar-refractivity contribution in [1.29, 1.82) is 0 Å². The van der Waals surface area contributed by atoms with Crippen LogP contribution >= 0.6 is 23.2 Å². The van der Waals surface area contributed by atoms with Gasteiger partial charge >= 0.3 is 0 Å². The third-order valence-electron chi connectivity index (χ3n) is 4.60. The van der Waals surface area contributed by atoms with Gasteiger partial charge in [-0.1, -0.05) is 59.6 Å². The third-order valence-corrected chi connectivity index (χ3v) is 6.85. The Morgan fingerprint density at radius 2 is 1.66 bits per heavy atom. The van der Waals surface area contributed by atoms with E-state index in [1.54, 1.807) is 43.3 Å². The Kier molecular flexibility index (Phi) is 7.79. The number of amides is 1. The second-order valence-electron chi connectivity index (χ2n) is 7.12. The molecule has 168 valence electrons. The average Bonchev–Trinajstić information content (AvgIpc) is 2.73. The lowest BCUT2D eigenvalue weighted by Gasteiger charge is -2.23. The van der Waals surface area contributed by atoms with E-state index in [0.29, 0.717) is 15.7 Å². The molecule has 9 heteroatoms. The number of hydrogen-bond donors (Lipinski definition) is 1. The van der Waals surface area contributed by atoms with E-state index in [4.69, 9.17) is 27.9 Å². The largest absolute Gasteiger partial charge is 0.495 e. The first-order chi connectivity index (χ1) is 15.2. The number of halogens is 2. The Balaban J connectivity index is 1.94. The Labute approximate surface area is 197 Å². The van der Waals surface area contributed by atoms with Crippen LogP contribution in [0.25, 0.3) is 0 Å². The normalized spacial score (nSPS) is 11.4. The molecule has 3 aromatic rings. The van der Waals surface area contributed by atoms with Crippen LogP contribution < -0.4 is 10.1 Å². The molecule has 0 fully saturated rings. The van der Waals surface area contributed by atoms with Gasteiger partial charge in [-0.3, -0.25) is 4.79 Å². The first kappa shape index (κ1) is 24.1. The van der Waals surface area contributed by atoms with Crippen molar-refractivity contribution < 1.29 is 17.9 Å². The number of methoxy groups -OCH3 is 1. The molecule has 0 bridgehead atoms. The Morgan fingerprint density at radius 1 is 1.00 bits per heavy atom. The molecule has 0 saturated heterocycles. The second kappa shape index (κ2) is 10.4. The van der Waals surface area contributed by atoms with E-state index in [9.17, 15) is 13.2 Å². The van der Waals surface area contributed by atoms with Crippen molar-refractivity contribution in [3.8, 4) is 5.75 Å². The van der Waals surface area contributed by atoms with Gasteiger partial charge in [0.05, 0.1) is 13.7 Å². The van der Waals surface area contributed by atoms with Crippen LogP contribution in [0.2, 0.25) is 10.0 Å². The zero-order valence-electron chi connectivity index (χ0n) is 17.5. The summed E-state index contributed by atoms with van der Waals surface area (Å²) in [6.07, 6.45) is 0. The molecule has 0 saturated carbocycles. The Hall–Kier alpha value is -2.58. The van der Waals surface area contributed by atoms with Gasteiger partial charge in [-0.15, -0.1) is 0 Å². The molecule has 0 heterocycles. The number of aryl methyl sites for hydroxylation is 1. The number of ether oxygens (including phenoxy) is 1. The minimum absolute atomic E-state index is 0.00396. The van der Waals surface area contributed by atoms with Gasteiger partial charge < -0.3 is 10.1 Å². The summed E-state index contributed by atoms with van der Waals surface area (Å²) in [4.78, 5) is 12.8. The first-order valence-electron chi connectivity index (χ1n) is 9.63. The monoisotopic (exact) mass is 492 g/mol. The topological polar surface area (TPSA) is 75.7 Å². The van der Waals surface area contributed by atoms with Crippen molar-refractivity contribution in [3.63, 3.8) is 0 Å². The van der Waals surface area contributed by atoms with Gasteiger partial charge in [0.2, 0.25) is 15.9 Å². The van der Waals surface area contributed by atoms with E-state index in [2.05, 4.69) is 5.32 Å². The van der Waals surface area contributed by atoms with Crippen LogP contribution in [0.1, 0.15) is 11.1 Å². The van der Waals surface area contributed by atoms with E-state index >= 15 is 0 Å². The summed E-state index contributed by atoms with van der Waals surface area (Å²) in [5, 5.41) is 3.36. The lowest BCUT2D eigenvalue weighted by Crippen LogP contribution is -2.37. The standard InChI is InChI=1S/C23H22Cl2N2O4S/c1-16-8-9-21(31-2)22(10-16)32(29,30)27(14-17-6-4-3-5-7-17)15-23(28)26-20-12-18(24)11-19(25)13-20/h3-13H,14-15H2,1-2H3,(H,26,28). The molecule has 0 radical (unpaired) electrons. The summed E-state index contributed by atoms with van der Waals surface area (Å²) in [5.74, 6) is -0.329. The summed E-state index contributed by atoms with van der Waals surface area (Å²) in [5.41, 5.74) is 1.86. The predicted octanol–water partition coefficient (Wildman–Crippen LogP) is 5.14. The van der Waals surface area contributed by atoms with Gasteiger partial charge in [-0.2, -0.15) is 4.31 Å². The fourth-order valence-electron chi connectivity index (χ4n) is 3.12. The number of anilines is 1. The predicted molar refractivity (Wildman–Crippen MR) is 127 cm³/mol. The SMILES string of the molecule is COc1ccc(C)cc1S(=O)(=O)N(CC(=O)Nc1cc(Cl)cc(Cl)c1)Cc1ccccc1. The van der Waals surface area contributed by atoms with E-state index in [-0.39, 0.29) is 17.2 Å². The second-order valence-corrected chi connectivity index (χ2v) is 9.90. The van der Waals surface area contributed by atoms with Gasteiger partial charge in [-0.05, 0) is 48.4 Å². The van der Waals surface area contributed by atoms with Gasteiger partial charge in [0, 0.05) is 22.3 Å². The smallest absolute Gasteiger partial charge is 0.247 e. The number of rotatable bonds is 8. The Morgan fingerprint density at radius 3 is 2.28 bits per heavy atom. The molecule has 1 N–H and O–H groups in total. The number of nitrogens with one attached hydrogen (secondary N) is 1. The van der Waals surface area contributed by atoms with Crippen molar-refractivity contribution >= 4 is 44.8 Å². The maximum absolute atomic E-state index is 13.6. The van der Waals surface area contributed by atoms with Crippen molar-refractivity contribution in [2.24, 2.45) is 0 Å². The molecule has 0 atom stereocenters. The summed E-state index contributed by atoms with van der Waals surface area (Å²) in [6, 6.07) is 18.5. The van der Waals surface area contributed by atoms with Crippen LogP contribution in [0.3, 0.4) is 0 Å².